The molecule has 4 rings (SSSR count). The fraction of sp³-hybridized carbons (Fsp3) is 0.300. The summed E-state index contributed by atoms with van der Waals surface area (Å²) in [4.78, 5) is 25.9. The summed E-state index contributed by atoms with van der Waals surface area (Å²) in [6.07, 6.45) is 2.18. The molecule has 0 spiro atoms. The molecule has 0 aromatic heterocycles. The highest BCUT2D eigenvalue weighted by molar-refractivity contribution is 5.98. The van der Waals surface area contributed by atoms with Gasteiger partial charge in [0.1, 0.15) is 0 Å². The maximum atomic E-state index is 12.5. The molecule has 1 heterocycles. The van der Waals surface area contributed by atoms with Gasteiger partial charge in [-0.3, -0.25) is 9.59 Å². The van der Waals surface area contributed by atoms with Crippen LogP contribution in [0.1, 0.15) is 29.9 Å². The first-order chi connectivity index (χ1) is 11.6. The highest BCUT2D eigenvalue weighted by Crippen LogP contribution is 2.48. The quantitative estimate of drug-likeness (QED) is 0.943. The Morgan fingerprint density at radius 2 is 1.92 bits per heavy atom. The van der Waals surface area contributed by atoms with E-state index in [1.54, 1.807) is 11.9 Å². The zero-order valence-corrected chi connectivity index (χ0v) is 13.7. The van der Waals surface area contributed by atoms with E-state index in [0.29, 0.717) is 12.3 Å². The van der Waals surface area contributed by atoms with E-state index < -0.39 is 0 Å². The number of aryl methyl sites for hydroxylation is 1. The average Bonchev–Trinajstić information content (AvgIpc) is 3.40. The van der Waals surface area contributed by atoms with Gasteiger partial charge < -0.3 is 10.2 Å². The van der Waals surface area contributed by atoms with Crippen molar-refractivity contribution in [3.63, 3.8) is 0 Å². The summed E-state index contributed by atoms with van der Waals surface area (Å²) in [5.41, 5.74) is 4.12. The topological polar surface area (TPSA) is 49.4 Å². The molecule has 1 fully saturated rings. The lowest BCUT2D eigenvalue weighted by molar-refractivity contribution is -0.119. The molecule has 122 valence electrons. The lowest BCUT2D eigenvalue weighted by Gasteiger charge is -2.26. The number of amides is 2. The van der Waals surface area contributed by atoms with Crippen molar-refractivity contribution in [2.24, 2.45) is 5.92 Å². The Hall–Kier alpha value is -2.62. The van der Waals surface area contributed by atoms with Crippen LogP contribution in [0.5, 0.6) is 0 Å². The van der Waals surface area contributed by atoms with Crippen molar-refractivity contribution in [2.45, 2.75) is 25.2 Å². The van der Waals surface area contributed by atoms with Gasteiger partial charge in [-0.05, 0) is 48.1 Å². The maximum Gasteiger partial charge on any atom is 0.228 e. The van der Waals surface area contributed by atoms with E-state index in [0.717, 1.165) is 29.8 Å². The van der Waals surface area contributed by atoms with Gasteiger partial charge in [0.15, 0.2) is 0 Å². The molecule has 0 saturated heterocycles. The Morgan fingerprint density at radius 1 is 1.12 bits per heavy atom. The summed E-state index contributed by atoms with van der Waals surface area (Å²) < 4.78 is 0. The minimum absolute atomic E-state index is 0.0627. The third kappa shape index (κ3) is 2.68. The standard InChI is InChI=1S/C20H20N2O2/c1-22-18-9-8-15(11-14(18)7-10-19(22)23)21-20(24)17-12-16(17)13-5-3-2-4-6-13/h2-6,8-9,11,16-17H,7,10,12H2,1H3,(H,21,24). The van der Waals surface area contributed by atoms with Gasteiger partial charge in [-0.25, -0.2) is 0 Å². The van der Waals surface area contributed by atoms with Gasteiger partial charge in [-0.15, -0.1) is 0 Å². The Bertz CT molecular complexity index is 801. The lowest BCUT2D eigenvalue weighted by Crippen LogP contribution is -2.31. The van der Waals surface area contributed by atoms with E-state index in [1.807, 2.05) is 36.4 Å². The Labute approximate surface area is 141 Å². The molecule has 2 aromatic rings. The van der Waals surface area contributed by atoms with Crippen LogP contribution in [-0.4, -0.2) is 18.9 Å². The van der Waals surface area contributed by atoms with Gasteiger partial charge in [0.25, 0.3) is 0 Å². The van der Waals surface area contributed by atoms with E-state index in [1.165, 1.54) is 5.56 Å². The first-order valence-corrected chi connectivity index (χ1v) is 8.39. The number of hydrogen-bond donors (Lipinski definition) is 1. The van der Waals surface area contributed by atoms with Crippen molar-refractivity contribution >= 4 is 23.2 Å². The van der Waals surface area contributed by atoms with E-state index in [-0.39, 0.29) is 17.7 Å². The molecule has 0 bridgehead atoms. The largest absolute Gasteiger partial charge is 0.326 e. The number of fused-ring (bicyclic) bond motifs is 1. The molecular weight excluding hydrogens is 300 g/mol. The minimum atomic E-state index is 0.0627. The van der Waals surface area contributed by atoms with Crippen molar-refractivity contribution in [2.75, 3.05) is 17.3 Å². The van der Waals surface area contributed by atoms with Gasteiger partial charge in [0, 0.05) is 30.8 Å². The van der Waals surface area contributed by atoms with Crippen molar-refractivity contribution in [1.29, 1.82) is 0 Å². The number of hydrogen-bond acceptors (Lipinski definition) is 2. The normalized spacial score (nSPS) is 22.0. The van der Waals surface area contributed by atoms with Crippen molar-refractivity contribution < 1.29 is 9.59 Å². The maximum absolute atomic E-state index is 12.5. The second-order valence-electron chi connectivity index (χ2n) is 6.64. The molecule has 2 amide bonds. The smallest absolute Gasteiger partial charge is 0.228 e. The SMILES string of the molecule is CN1C(=O)CCc2cc(NC(=O)C3CC3c3ccccc3)ccc21. The van der Waals surface area contributed by atoms with Crippen LogP contribution in [0.2, 0.25) is 0 Å². The molecule has 0 radical (unpaired) electrons. The Kier molecular flexibility index (Phi) is 3.60. The molecule has 2 aromatic carbocycles. The summed E-state index contributed by atoms with van der Waals surface area (Å²) >= 11 is 0. The molecule has 4 heteroatoms. The first-order valence-electron chi connectivity index (χ1n) is 8.39. The number of nitrogens with zero attached hydrogens (tertiary/aromatic N) is 1. The highest BCUT2D eigenvalue weighted by Gasteiger charge is 2.43. The molecule has 24 heavy (non-hydrogen) atoms. The summed E-state index contributed by atoms with van der Waals surface area (Å²) in [7, 11) is 1.80. The zero-order chi connectivity index (χ0) is 16.7. The number of benzene rings is 2. The van der Waals surface area contributed by atoms with Crippen LogP contribution in [0.25, 0.3) is 0 Å². The van der Waals surface area contributed by atoms with Gasteiger partial charge in [0.2, 0.25) is 11.8 Å². The average molecular weight is 320 g/mol. The highest BCUT2D eigenvalue weighted by atomic mass is 16.2. The molecule has 1 aliphatic heterocycles. The minimum Gasteiger partial charge on any atom is -0.326 e. The van der Waals surface area contributed by atoms with Crippen LogP contribution in [0.15, 0.2) is 48.5 Å². The first kappa shape index (κ1) is 14.9. The summed E-state index contributed by atoms with van der Waals surface area (Å²) in [5.74, 6) is 0.632. The van der Waals surface area contributed by atoms with Crippen LogP contribution in [0.4, 0.5) is 11.4 Å². The van der Waals surface area contributed by atoms with E-state index in [2.05, 4.69) is 17.4 Å². The molecule has 1 N–H and O–H groups in total. The van der Waals surface area contributed by atoms with Crippen LogP contribution < -0.4 is 10.2 Å². The Morgan fingerprint density at radius 3 is 2.71 bits per heavy atom. The monoisotopic (exact) mass is 320 g/mol. The van der Waals surface area contributed by atoms with Gasteiger partial charge in [-0.2, -0.15) is 0 Å². The van der Waals surface area contributed by atoms with E-state index in [4.69, 9.17) is 0 Å². The molecule has 2 atom stereocenters. The molecule has 2 aliphatic rings. The van der Waals surface area contributed by atoms with Crippen LogP contribution in [0, 0.1) is 5.92 Å². The van der Waals surface area contributed by atoms with Gasteiger partial charge in [0.05, 0.1) is 0 Å². The number of nitrogens with one attached hydrogen (secondary N) is 1. The molecular formula is C20H20N2O2. The predicted molar refractivity (Wildman–Crippen MR) is 94.1 cm³/mol. The molecule has 1 aliphatic carbocycles. The summed E-state index contributed by atoms with van der Waals surface area (Å²) in [5, 5.41) is 3.04. The number of carbonyl (C=O) groups excluding carboxylic acids is 2. The van der Waals surface area contributed by atoms with E-state index in [9.17, 15) is 9.59 Å². The Balaban J connectivity index is 1.45. The molecule has 2 unspecified atom stereocenters. The van der Waals surface area contributed by atoms with Gasteiger partial charge in [-0.1, -0.05) is 30.3 Å². The number of anilines is 2. The zero-order valence-electron chi connectivity index (χ0n) is 13.7. The second kappa shape index (κ2) is 5.78. The second-order valence-corrected chi connectivity index (χ2v) is 6.64. The number of rotatable bonds is 3. The molecule has 4 nitrogen and oxygen atoms in total. The third-order valence-electron chi connectivity index (χ3n) is 5.05. The van der Waals surface area contributed by atoms with E-state index >= 15 is 0 Å². The lowest BCUT2D eigenvalue weighted by atomic mass is 10.0. The van der Waals surface area contributed by atoms with Crippen LogP contribution in [0.3, 0.4) is 0 Å². The third-order valence-corrected chi connectivity index (χ3v) is 5.05. The van der Waals surface area contributed by atoms with Crippen LogP contribution in [-0.2, 0) is 16.0 Å². The van der Waals surface area contributed by atoms with Crippen molar-refractivity contribution in [3.05, 3.63) is 59.7 Å². The van der Waals surface area contributed by atoms with Crippen molar-refractivity contribution in [3.8, 4) is 0 Å². The predicted octanol–water partition coefficient (Wildman–Crippen LogP) is 3.34. The van der Waals surface area contributed by atoms with Crippen molar-refractivity contribution in [1.82, 2.24) is 0 Å². The molecule has 1 saturated carbocycles. The fourth-order valence-electron chi connectivity index (χ4n) is 3.52. The number of carbonyl (C=O) groups is 2. The summed E-state index contributed by atoms with van der Waals surface area (Å²) in [6, 6.07) is 16.0. The van der Waals surface area contributed by atoms with Gasteiger partial charge >= 0.3 is 0 Å². The fourth-order valence-corrected chi connectivity index (χ4v) is 3.52. The summed E-state index contributed by atoms with van der Waals surface area (Å²) in [6.45, 7) is 0. The van der Waals surface area contributed by atoms with Crippen LogP contribution >= 0.6 is 0 Å².